The maximum atomic E-state index is 12.8. The van der Waals surface area contributed by atoms with Crippen LogP contribution >= 0.6 is 15.9 Å². The predicted molar refractivity (Wildman–Crippen MR) is 118 cm³/mol. The summed E-state index contributed by atoms with van der Waals surface area (Å²) in [5.41, 5.74) is 1.27. The Morgan fingerprint density at radius 3 is 2.63 bits per heavy atom. The zero-order chi connectivity index (χ0) is 20.9. The van der Waals surface area contributed by atoms with Gasteiger partial charge in [0.2, 0.25) is 11.9 Å². The van der Waals surface area contributed by atoms with Crippen LogP contribution in [0.3, 0.4) is 0 Å². The second kappa shape index (κ2) is 7.58. The molecule has 1 saturated carbocycles. The van der Waals surface area contributed by atoms with Crippen molar-refractivity contribution in [2.45, 2.75) is 29.7 Å². The summed E-state index contributed by atoms with van der Waals surface area (Å²) in [5, 5.41) is 13.0. The number of aromatic nitrogens is 2. The van der Waals surface area contributed by atoms with Gasteiger partial charge in [-0.15, -0.1) is 0 Å². The fourth-order valence-electron chi connectivity index (χ4n) is 3.87. The van der Waals surface area contributed by atoms with Crippen molar-refractivity contribution in [3.05, 3.63) is 34.4 Å². The van der Waals surface area contributed by atoms with Crippen molar-refractivity contribution in [1.82, 2.24) is 9.97 Å². The van der Waals surface area contributed by atoms with Crippen molar-refractivity contribution >= 4 is 50.1 Å². The Labute approximate surface area is 185 Å². The molecule has 1 aliphatic carbocycles. The summed E-state index contributed by atoms with van der Waals surface area (Å²) in [6.45, 7) is 1.34. The van der Waals surface area contributed by atoms with E-state index in [0.717, 1.165) is 28.7 Å². The molecule has 2 aromatic rings. The lowest BCUT2D eigenvalue weighted by atomic mass is 10.2. The molecule has 1 unspecified atom stereocenters. The molecule has 158 valence electrons. The maximum absolute atomic E-state index is 12.8. The molecule has 0 bridgehead atoms. The summed E-state index contributed by atoms with van der Waals surface area (Å²) >= 11 is 3.42. The lowest BCUT2D eigenvalue weighted by molar-refractivity contribution is -0.117. The Morgan fingerprint density at radius 2 is 1.97 bits per heavy atom. The third-order valence-electron chi connectivity index (χ3n) is 5.86. The summed E-state index contributed by atoms with van der Waals surface area (Å²) in [6.07, 6.45) is 2.34. The number of rotatable bonds is 5. The summed E-state index contributed by atoms with van der Waals surface area (Å²) in [7, 11) is -1.14. The highest BCUT2D eigenvalue weighted by atomic mass is 79.9. The van der Waals surface area contributed by atoms with Crippen LogP contribution in [0.25, 0.3) is 0 Å². The van der Waals surface area contributed by atoms with Gasteiger partial charge in [0.1, 0.15) is 17.3 Å². The molecule has 10 heteroatoms. The Balaban J connectivity index is 1.40. The highest BCUT2D eigenvalue weighted by molar-refractivity contribution is 9.10. The second-order valence-electron chi connectivity index (χ2n) is 7.95. The van der Waals surface area contributed by atoms with E-state index < -0.39 is 10.8 Å². The SMILES string of the molecule is O=C1CN(c2nc3c(c(NC4(CO)CC4)n2)S(=O)CC3)CCN1c1ccc(Br)cc1. The van der Waals surface area contributed by atoms with E-state index in [1.807, 2.05) is 29.2 Å². The number of piperazine rings is 1. The van der Waals surface area contributed by atoms with Gasteiger partial charge in [-0.2, -0.15) is 4.98 Å². The number of carbonyl (C=O) groups excluding carboxylic acids is 1. The van der Waals surface area contributed by atoms with Gasteiger partial charge in [-0.3, -0.25) is 9.00 Å². The molecule has 0 spiro atoms. The quantitative estimate of drug-likeness (QED) is 0.656. The predicted octanol–water partition coefficient (Wildman–Crippen LogP) is 1.69. The van der Waals surface area contributed by atoms with Gasteiger partial charge >= 0.3 is 0 Å². The molecular weight excluding hydrogens is 470 g/mol. The fourth-order valence-corrected chi connectivity index (χ4v) is 5.44. The zero-order valence-electron chi connectivity index (χ0n) is 16.3. The van der Waals surface area contributed by atoms with Gasteiger partial charge < -0.3 is 20.2 Å². The second-order valence-corrected chi connectivity index (χ2v) is 10.4. The number of nitrogens with zero attached hydrogens (tertiary/aromatic N) is 4. The lowest BCUT2D eigenvalue weighted by Gasteiger charge is -2.34. The summed E-state index contributed by atoms with van der Waals surface area (Å²) < 4.78 is 13.5. The van der Waals surface area contributed by atoms with Gasteiger partial charge in [-0.05, 0) is 37.1 Å². The van der Waals surface area contributed by atoms with Crippen LogP contribution in [-0.2, 0) is 22.0 Å². The van der Waals surface area contributed by atoms with Crippen LogP contribution in [-0.4, -0.2) is 62.7 Å². The first-order valence-corrected chi connectivity index (χ1v) is 12.1. The van der Waals surface area contributed by atoms with Crippen LogP contribution in [0.4, 0.5) is 17.5 Å². The van der Waals surface area contributed by atoms with Crippen LogP contribution in [0.5, 0.6) is 0 Å². The van der Waals surface area contributed by atoms with E-state index in [1.165, 1.54) is 0 Å². The van der Waals surface area contributed by atoms with Gasteiger partial charge in [-0.1, -0.05) is 15.9 Å². The first-order chi connectivity index (χ1) is 14.5. The first-order valence-electron chi connectivity index (χ1n) is 9.97. The number of amides is 1. The molecule has 30 heavy (non-hydrogen) atoms. The van der Waals surface area contributed by atoms with E-state index in [0.29, 0.717) is 41.9 Å². The normalized spacial score (nSPS) is 22.2. The number of hydrogen-bond donors (Lipinski definition) is 2. The number of aliphatic hydroxyl groups is 1. The Morgan fingerprint density at radius 1 is 1.20 bits per heavy atom. The summed E-state index contributed by atoms with van der Waals surface area (Å²) in [6, 6.07) is 7.69. The summed E-state index contributed by atoms with van der Waals surface area (Å²) in [4.78, 5) is 26.4. The minimum Gasteiger partial charge on any atom is -0.394 e. The number of halogens is 1. The van der Waals surface area contributed by atoms with Crippen LogP contribution < -0.4 is 15.1 Å². The average Bonchev–Trinajstić information content (AvgIpc) is 3.42. The Bertz CT molecular complexity index is 1030. The molecule has 2 fully saturated rings. The highest BCUT2D eigenvalue weighted by Gasteiger charge is 2.44. The third-order valence-corrected chi connectivity index (χ3v) is 7.85. The van der Waals surface area contributed by atoms with Crippen LogP contribution in [0.2, 0.25) is 0 Å². The molecule has 1 atom stereocenters. The van der Waals surface area contributed by atoms with Gasteiger partial charge in [0.15, 0.2) is 0 Å². The smallest absolute Gasteiger partial charge is 0.246 e. The number of fused-ring (bicyclic) bond motifs is 1. The summed E-state index contributed by atoms with van der Waals surface area (Å²) in [5.74, 6) is 1.54. The van der Waals surface area contributed by atoms with Crippen molar-refractivity contribution in [3.8, 4) is 0 Å². The monoisotopic (exact) mass is 491 g/mol. The first kappa shape index (κ1) is 19.9. The molecule has 5 rings (SSSR count). The fraction of sp³-hybridized carbons (Fsp3) is 0.450. The molecule has 1 aromatic carbocycles. The van der Waals surface area contributed by atoms with Crippen molar-refractivity contribution in [2.75, 3.05) is 47.1 Å². The van der Waals surface area contributed by atoms with E-state index in [4.69, 9.17) is 0 Å². The zero-order valence-corrected chi connectivity index (χ0v) is 18.7. The van der Waals surface area contributed by atoms with Crippen molar-refractivity contribution in [3.63, 3.8) is 0 Å². The molecule has 8 nitrogen and oxygen atoms in total. The number of benzene rings is 1. The minimum atomic E-state index is -1.14. The van der Waals surface area contributed by atoms with Crippen molar-refractivity contribution in [2.24, 2.45) is 0 Å². The van der Waals surface area contributed by atoms with Gasteiger partial charge in [0.25, 0.3) is 0 Å². The maximum Gasteiger partial charge on any atom is 0.246 e. The molecule has 0 radical (unpaired) electrons. The largest absolute Gasteiger partial charge is 0.394 e. The molecule has 1 aromatic heterocycles. The molecule has 3 aliphatic rings. The number of anilines is 3. The number of aryl methyl sites for hydroxylation is 1. The Hall–Kier alpha value is -2.04. The molecule has 2 N–H and O–H groups in total. The molecule has 2 aliphatic heterocycles. The minimum absolute atomic E-state index is 0.0120. The number of hydrogen-bond acceptors (Lipinski definition) is 7. The Kier molecular flexibility index (Phi) is 5.03. The number of carbonyl (C=O) groups is 1. The van der Waals surface area contributed by atoms with E-state index in [9.17, 15) is 14.1 Å². The van der Waals surface area contributed by atoms with Gasteiger partial charge in [-0.25, -0.2) is 4.98 Å². The van der Waals surface area contributed by atoms with Gasteiger partial charge in [0, 0.05) is 35.4 Å². The lowest BCUT2D eigenvalue weighted by Crippen LogP contribution is -2.51. The number of nitrogens with one attached hydrogen (secondary N) is 1. The van der Waals surface area contributed by atoms with Crippen molar-refractivity contribution < 1.29 is 14.1 Å². The van der Waals surface area contributed by atoms with Crippen LogP contribution in [0.15, 0.2) is 33.6 Å². The third kappa shape index (κ3) is 3.61. The topological polar surface area (TPSA) is 98.7 Å². The standard InChI is InChI=1S/C20H22BrN5O3S/c21-13-1-3-14(4-2-13)26-9-8-25(11-16(26)28)19-22-15-5-10-30(29)17(15)18(23-19)24-20(12-27)6-7-20/h1-4,27H,5-12H2,(H,22,23,24). The van der Waals surface area contributed by atoms with E-state index in [-0.39, 0.29) is 24.6 Å². The van der Waals surface area contributed by atoms with Gasteiger partial charge in [0.05, 0.1) is 28.6 Å². The van der Waals surface area contributed by atoms with Crippen molar-refractivity contribution in [1.29, 1.82) is 0 Å². The highest BCUT2D eigenvalue weighted by Crippen LogP contribution is 2.41. The van der Waals surface area contributed by atoms with Crippen LogP contribution in [0.1, 0.15) is 18.5 Å². The molecule has 3 heterocycles. The average molecular weight is 492 g/mol. The van der Waals surface area contributed by atoms with E-state index in [1.54, 1.807) is 4.90 Å². The molecule has 1 amide bonds. The number of aliphatic hydroxyl groups excluding tert-OH is 1. The molecular formula is C20H22BrN5O3S. The van der Waals surface area contributed by atoms with E-state index >= 15 is 0 Å². The van der Waals surface area contributed by atoms with E-state index in [2.05, 4.69) is 31.2 Å². The van der Waals surface area contributed by atoms with Crippen LogP contribution in [0, 0.1) is 0 Å². The molecule has 1 saturated heterocycles.